The van der Waals surface area contributed by atoms with E-state index in [1.165, 1.54) is 12.1 Å². The monoisotopic (exact) mass is 384 g/mol. The predicted molar refractivity (Wildman–Crippen MR) is 97.4 cm³/mol. The molecule has 1 unspecified atom stereocenters. The number of nitrogens with two attached hydrogens (primary N) is 2. The number of aliphatic imine (C=N–C) groups is 1. The zero-order valence-electron chi connectivity index (χ0n) is 14.3. The number of guanidine groups is 1. The zero-order valence-corrected chi connectivity index (χ0v) is 14.3. The molecule has 3 rings (SSSR count). The highest BCUT2D eigenvalue weighted by Gasteiger charge is 2.29. The normalized spacial score (nSPS) is 14.9. The van der Waals surface area contributed by atoms with Crippen LogP contribution in [0.25, 0.3) is 0 Å². The maximum atomic E-state index is 12.3. The van der Waals surface area contributed by atoms with Gasteiger partial charge in [-0.2, -0.15) is 10.5 Å². The smallest absolute Gasteiger partial charge is 0.272 e. The van der Waals surface area contributed by atoms with Crippen molar-refractivity contribution < 1.29 is 13.5 Å². The molecule has 0 bridgehead atoms. The van der Waals surface area contributed by atoms with Crippen LogP contribution in [0, 0.1) is 22.8 Å². The van der Waals surface area contributed by atoms with E-state index >= 15 is 0 Å². The van der Waals surface area contributed by atoms with E-state index in [-0.39, 0.29) is 34.6 Å². The number of aromatic nitrogens is 1. The van der Waals surface area contributed by atoms with Gasteiger partial charge in [-0.3, -0.25) is 5.32 Å². The van der Waals surface area contributed by atoms with Crippen LogP contribution in [0.4, 0.5) is 26.1 Å². The number of hydrogen-bond acceptors (Lipinski definition) is 9. The molecule has 28 heavy (non-hydrogen) atoms. The number of halogens is 2. The summed E-state index contributed by atoms with van der Waals surface area (Å²) in [5.74, 6) is 0.580. The van der Waals surface area contributed by atoms with E-state index in [9.17, 15) is 14.0 Å². The number of fused-ring (bicyclic) bond motifs is 1. The molecule has 0 saturated heterocycles. The summed E-state index contributed by atoms with van der Waals surface area (Å²) in [6.45, 7) is -0.717. The number of anilines is 3. The Bertz CT molecular complexity index is 1010. The van der Waals surface area contributed by atoms with E-state index in [2.05, 4.69) is 20.6 Å². The summed E-state index contributed by atoms with van der Waals surface area (Å²) in [4.78, 5) is 8.54. The fourth-order valence-corrected chi connectivity index (χ4v) is 2.73. The lowest BCUT2D eigenvalue weighted by atomic mass is 9.95. The quantitative estimate of drug-likeness (QED) is 0.458. The lowest BCUT2D eigenvalue weighted by Gasteiger charge is -2.26. The Balaban J connectivity index is 2.05. The van der Waals surface area contributed by atoms with Gasteiger partial charge in [-0.15, -0.1) is 0 Å². The van der Waals surface area contributed by atoms with E-state index < -0.39 is 19.1 Å². The molecule has 11 heteroatoms. The summed E-state index contributed by atoms with van der Waals surface area (Å²) in [6, 6.07) is 7.47. The van der Waals surface area contributed by atoms with Gasteiger partial charge in [-0.05, 0) is 17.7 Å². The topological polar surface area (TPSA) is 158 Å². The number of nitrogen functional groups attached to an aromatic ring is 2. The van der Waals surface area contributed by atoms with Gasteiger partial charge in [0.25, 0.3) is 6.43 Å². The van der Waals surface area contributed by atoms with Crippen LogP contribution in [-0.4, -0.2) is 24.0 Å². The van der Waals surface area contributed by atoms with Crippen LogP contribution in [-0.2, 0) is 0 Å². The van der Waals surface area contributed by atoms with Crippen molar-refractivity contribution >= 4 is 23.3 Å². The Kier molecular flexibility index (Phi) is 5.09. The lowest BCUT2D eigenvalue weighted by molar-refractivity contribution is 0.0819. The molecule has 2 aromatic rings. The molecule has 0 saturated carbocycles. The number of nitrogens with zero attached hydrogens (tertiary/aromatic N) is 4. The molecule has 0 spiro atoms. The van der Waals surface area contributed by atoms with Gasteiger partial charge in [0, 0.05) is 5.56 Å². The molecule has 1 aromatic carbocycles. The summed E-state index contributed by atoms with van der Waals surface area (Å²) in [6.07, 6.45) is -0.831. The second-order valence-corrected chi connectivity index (χ2v) is 5.67. The molecule has 1 aromatic heterocycles. The number of nitriles is 2. The van der Waals surface area contributed by atoms with Crippen molar-refractivity contribution in [3.05, 3.63) is 41.0 Å². The second kappa shape index (κ2) is 7.63. The van der Waals surface area contributed by atoms with Crippen LogP contribution in [0.2, 0.25) is 0 Å². The highest BCUT2D eigenvalue weighted by atomic mass is 19.3. The average Bonchev–Trinajstić information content (AvgIpc) is 2.66. The number of rotatable bonds is 4. The first-order valence-electron chi connectivity index (χ1n) is 7.94. The molecule has 1 atom stereocenters. The molecular weight excluding hydrogens is 370 g/mol. The molecule has 142 valence electrons. The molecule has 1 aliphatic rings. The Morgan fingerprint density at radius 3 is 2.57 bits per heavy atom. The average molecular weight is 384 g/mol. The van der Waals surface area contributed by atoms with E-state index in [0.29, 0.717) is 11.1 Å². The molecule has 1 aliphatic heterocycles. The molecular formula is C17H14F2N8O. The summed E-state index contributed by atoms with van der Waals surface area (Å²) >= 11 is 0. The Labute approximate surface area is 158 Å². The van der Waals surface area contributed by atoms with Gasteiger partial charge in [-0.1, -0.05) is 12.1 Å². The Morgan fingerprint density at radius 1 is 1.25 bits per heavy atom. The number of alkyl halides is 2. The highest BCUT2D eigenvalue weighted by Crippen LogP contribution is 2.40. The number of hydrogen-bond donors (Lipinski definition) is 4. The summed E-state index contributed by atoms with van der Waals surface area (Å²) in [5, 5.41) is 23.4. The number of nitrogens with one attached hydrogen (secondary N) is 2. The third-order valence-corrected chi connectivity index (χ3v) is 3.93. The largest absolute Gasteiger partial charge is 0.488 e. The molecule has 0 aliphatic carbocycles. The van der Waals surface area contributed by atoms with Crippen molar-refractivity contribution in [2.24, 2.45) is 4.99 Å². The minimum absolute atomic E-state index is 0.0225. The predicted octanol–water partition coefficient (Wildman–Crippen LogP) is 1.70. The minimum atomic E-state index is -2.58. The first kappa shape index (κ1) is 18.7. The fourth-order valence-electron chi connectivity index (χ4n) is 2.73. The molecule has 2 heterocycles. The summed E-state index contributed by atoms with van der Waals surface area (Å²) in [7, 11) is 0. The van der Waals surface area contributed by atoms with Crippen LogP contribution >= 0.6 is 0 Å². The maximum absolute atomic E-state index is 12.3. The van der Waals surface area contributed by atoms with Crippen molar-refractivity contribution in [2.45, 2.75) is 12.5 Å². The molecule has 6 N–H and O–H groups in total. The standard InChI is InChI=1S/C17H14F2N8O/c18-11(19)6-28-9-3-1-8(2-4-9)14-12-13(22)10(5-20)15(23)26-16(12)27-17(25-14)24-7-21/h1-4,11,14H,6H2,(H6,22,23,24,25,26,27). The molecule has 9 nitrogen and oxygen atoms in total. The van der Waals surface area contributed by atoms with Crippen LogP contribution in [0.3, 0.4) is 0 Å². The maximum Gasteiger partial charge on any atom is 0.272 e. The van der Waals surface area contributed by atoms with Gasteiger partial charge in [0.15, 0.2) is 6.19 Å². The lowest BCUT2D eigenvalue weighted by Crippen LogP contribution is -2.32. The van der Waals surface area contributed by atoms with E-state index in [1.807, 2.05) is 6.07 Å². The second-order valence-electron chi connectivity index (χ2n) is 5.67. The Morgan fingerprint density at radius 2 is 1.96 bits per heavy atom. The van der Waals surface area contributed by atoms with Crippen molar-refractivity contribution in [3.8, 4) is 18.0 Å². The van der Waals surface area contributed by atoms with Crippen LogP contribution in [0.1, 0.15) is 22.7 Å². The van der Waals surface area contributed by atoms with Crippen LogP contribution in [0.5, 0.6) is 5.75 Å². The third-order valence-electron chi connectivity index (χ3n) is 3.93. The van der Waals surface area contributed by atoms with Crippen molar-refractivity contribution in [1.29, 1.82) is 10.5 Å². The van der Waals surface area contributed by atoms with Gasteiger partial charge < -0.3 is 21.5 Å². The number of pyridine rings is 1. The van der Waals surface area contributed by atoms with E-state index in [1.54, 1.807) is 18.3 Å². The highest BCUT2D eigenvalue weighted by molar-refractivity contribution is 5.98. The van der Waals surface area contributed by atoms with Crippen molar-refractivity contribution in [1.82, 2.24) is 10.3 Å². The first-order valence-corrected chi connectivity index (χ1v) is 7.94. The van der Waals surface area contributed by atoms with Gasteiger partial charge >= 0.3 is 0 Å². The van der Waals surface area contributed by atoms with E-state index in [0.717, 1.165) is 0 Å². The summed E-state index contributed by atoms with van der Waals surface area (Å²) < 4.78 is 29.5. The molecule has 0 amide bonds. The summed E-state index contributed by atoms with van der Waals surface area (Å²) in [5.41, 5.74) is 13.1. The van der Waals surface area contributed by atoms with E-state index in [4.69, 9.17) is 21.5 Å². The number of ether oxygens (including phenoxy) is 1. The van der Waals surface area contributed by atoms with Gasteiger partial charge in [0.2, 0.25) is 5.96 Å². The van der Waals surface area contributed by atoms with Crippen molar-refractivity contribution in [2.75, 3.05) is 23.4 Å². The third kappa shape index (κ3) is 3.54. The molecule has 0 radical (unpaired) electrons. The zero-order chi connectivity index (χ0) is 20.3. The number of benzene rings is 1. The Hall–Kier alpha value is -4.12. The van der Waals surface area contributed by atoms with Gasteiger partial charge in [0.1, 0.15) is 41.7 Å². The SMILES string of the molecule is N#CNC1=NC(c2ccc(OCC(F)F)cc2)c2c(nc(N)c(C#N)c2N)N1. The first-order chi connectivity index (χ1) is 13.4. The molecule has 0 fully saturated rings. The van der Waals surface area contributed by atoms with Crippen LogP contribution < -0.4 is 26.8 Å². The van der Waals surface area contributed by atoms with Crippen LogP contribution in [0.15, 0.2) is 29.3 Å². The minimum Gasteiger partial charge on any atom is -0.488 e. The fraction of sp³-hybridized carbons (Fsp3) is 0.176. The van der Waals surface area contributed by atoms with Crippen molar-refractivity contribution in [3.63, 3.8) is 0 Å². The van der Waals surface area contributed by atoms with Gasteiger partial charge in [0.05, 0.1) is 5.69 Å². The van der Waals surface area contributed by atoms with Gasteiger partial charge in [-0.25, -0.2) is 18.8 Å².